The molecule has 0 fully saturated rings. The van der Waals surface area contributed by atoms with E-state index < -0.39 is 17.7 Å². The molecule has 6 heteroatoms. The van der Waals surface area contributed by atoms with Gasteiger partial charge in [-0.1, -0.05) is 25.8 Å². The number of carbonyl (C=O) groups excluding carboxylic acids is 3. The van der Waals surface area contributed by atoms with E-state index in [0.29, 0.717) is 29.7 Å². The van der Waals surface area contributed by atoms with E-state index in [2.05, 4.69) is 0 Å². The number of esters is 1. The van der Waals surface area contributed by atoms with Crippen LogP contribution in [0.15, 0.2) is 58.5 Å². The molecule has 160 valence electrons. The van der Waals surface area contributed by atoms with Crippen molar-refractivity contribution in [3.8, 4) is 0 Å². The fraction of sp³-hybridized carbons (Fsp3) is 0.458. The Labute approximate surface area is 177 Å². The van der Waals surface area contributed by atoms with Crippen LogP contribution in [0, 0.1) is 0 Å². The fourth-order valence-corrected chi connectivity index (χ4v) is 4.05. The first-order valence-corrected chi connectivity index (χ1v) is 10.5. The van der Waals surface area contributed by atoms with Gasteiger partial charge < -0.3 is 14.7 Å². The van der Waals surface area contributed by atoms with Crippen molar-refractivity contribution in [3.05, 3.63) is 58.5 Å². The lowest BCUT2D eigenvalue weighted by atomic mass is 9.76. The first-order valence-electron chi connectivity index (χ1n) is 10.5. The van der Waals surface area contributed by atoms with Gasteiger partial charge in [-0.2, -0.15) is 0 Å². The Morgan fingerprint density at radius 3 is 2.67 bits per heavy atom. The Morgan fingerprint density at radius 1 is 1.30 bits per heavy atom. The van der Waals surface area contributed by atoms with Crippen molar-refractivity contribution in [2.75, 3.05) is 6.54 Å². The molecule has 0 aromatic carbocycles. The molecule has 0 radical (unpaired) electrons. The fourth-order valence-electron chi connectivity index (χ4n) is 4.05. The molecule has 0 aromatic rings. The number of fused-ring (bicyclic) bond motifs is 2. The number of β-amino-alcohol motifs (C(OH)–C–C–N with tert-alkyl or cyclic N) is 1. The first kappa shape index (κ1) is 22.0. The molecule has 0 bridgehead atoms. The first-order chi connectivity index (χ1) is 14.2. The summed E-state index contributed by atoms with van der Waals surface area (Å²) >= 11 is 0. The number of carbonyl (C=O) groups is 3. The SMILES string of the molecule is C/C=C/C1=CC2=CC3=C(C(=O)CCCCC)C(=O)OC3(C)C(=O)C2=CN1C[C@H](C)O. The Bertz CT molecular complexity index is 931. The van der Waals surface area contributed by atoms with Crippen LogP contribution in [0.25, 0.3) is 0 Å². The van der Waals surface area contributed by atoms with Crippen LogP contribution in [-0.4, -0.2) is 45.8 Å². The van der Waals surface area contributed by atoms with Crippen LogP contribution in [0.2, 0.25) is 0 Å². The number of ketones is 2. The highest BCUT2D eigenvalue weighted by molar-refractivity contribution is 6.24. The molecule has 3 aliphatic rings. The van der Waals surface area contributed by atoms with Crippen molar-refractivity contribution >= 4 is 17.5 Å². The minimum absolute atomic E-state index is 0.000830. The lowest BCUT2D eigenvalue weighted by Gasteiger charge is -2.35. The summed E-state index contributed by atoms with van der Waals surface area (Å²) in [7, 11) is 0. The van der Waals surface area contributed by atoms with Crippen LogP contribution < -0.4 is 0 Å². The summed E-state index contributed by atoms with van der Waals surface area (Å²) in [6.45, 7) is 7.48. The third-order valence-electron chi connectivity index (χ3n) is 5.58. The van der Waals surface area contributed by atoms with Gasteiger partial charge in [-0.15, -0.1) is 0 Å². The van der Waals surface area contributed by atoms with Crippen LogP contribution >= 0.6 is 0 Å². The monoisotopic (exact) mass is 411 g/mol. The maximum absolute atomic E-state index is 13.4. The third-order valence-corrected chi connectivity index (χ3v) is 5.58. The van der Waals surface area contributed by atoms with Gasteiger partial charge in [0.05, 0.1) is 6.10 Å². The second-order valence-corrected chi connectivity index (χ2v) is 8.13. The summed E-state index contributed by atoms with van der Waals surface area (Å²) < 4.78 is 5.47. The number of nitrogens with zero attached hydrogens (tertiary/aromatic N) is 1. The molecule has 0 saturated carbocycles. The Balaban J connectivity index is 2.08. The zero-order valence-electron chi connectivity index (χ0n) is 18.0. The Morgan fingerprint density at radius 2 is 2.03 bits per heavy atom. The summed E-state index contributed by atoms with van der Waals surface area (Å²) in [5.41, 5.74) is 0.714. The molecule has 6 nitrogen and oxygen atoms in total. The van der Waals surface area contributed by atoms with E-state index in [0.717, 1.165) is 18.5 Å². The van der Waals surface area contributed by atoms with Gasteiger partial charge in [0.1, 0.15) is 5.57 Å². The molecule has 1 unspecified atom stereocenters. The highest BCUT2D eigenvalue weighted by Gasteiger charge is 2.54. The standard InChI is InChI=1S/C24H29NO5/c1-5-7-8-10-20(27)21-19-12-16-11-17(9-6-2)25(13-15(3)26)14-18(16)22(28)24(19,4)30-23(21)29/h6,9,11-12,14-15,26H,5,7-8,10,13H2,1-4H3/b9-6+/t15-,24?/m0/s1. The van der Waals surface area contributed by atoms with Crippen LogP contribution in [0.1, 0.15) is 53.4 Å². The van der Waals surface area contributed by atoms with Crippen molar-refractivity contribution in [2.45, 2.75) is 65.1 Å². The number of hydrogen-bond donors (Lipinski definition) is 1. The molecule has 2 heterocycles. The third kappa shape index (κ3) is 3.84. The summed E-state index contributed by atoms with van der Waals surface area (Å²) in [5.74, 6) is -1.35. The molecule has 1 aliphatic carbocycles. The average molecular weight is 411 g/mol. The highest BCUT2D eigenvalue weighted by Crippen LogP contribution is 2.44. The van der Waals surface area contributed by atoms with Crippen molar-refractivity contribution in [3.63, 3.8) is 0 Å². The Kier molecular flexibility index (Phi) is 6.27. The molecule has 0 saturated heterocycles. The maximum atomic E-state index is 13.4. The smallest absolute Gasteiger partial charge is 0.343 e. The summed E-state index contributed by atoms with van der Waals surface area (Å²) in [6, 6.07) is 0. The van der Waals surface area contributed by atoms with Crippen molar-refractivity contribution in [1.29, 1.82) is 0 Å². The normalized spacial score (nSPS) is 24.3. The minimum atomic E-state index is -1.50. The highest BCUT2D eigenvalue weighted by atomic mass is 16.6. The lowest BCUT2D eigenvalue weighted by molar-refractivity contribution is -0.153. The predicted molar refractivity (Wildman–Crippen MR) is 113 cm³/mol. The van der Waals surface area contributed by atoms with E-state index in [9.17, 15) is 19.5 Å². The zero-order chi connectivity index (χ0) is 22.1. The van der Waals surface area contributed by atoms with Gasteiger partial charge in [0, 0.05) is 36.0 Å². The number of Topliss-reactive ketones (excluding diaryl/α,β-unsaturated/α-hetero) is 2. The molecule has 2 atom stereocenters. The second-order valence-electron chi connectivity index (χ2n) is 8.13. The molecule has 0 amide bonds. The van der Waals surface area contributed by atoms with Crippen LogP contribution in [-0.2, 0) is 19.1 Å². The average Bonchev–Trinajstić information content (AvgIpc) is 2.94. The van der Waals surface area contributed by atoms with Gasteiger partial charge in [0.25, 0.3) is 0 Å². The van der Waals surface area contributed by atoms with Crippen LogP contribution in [0.5, 0.6) is 0 Å². The number of aliphatic hydroxyl groups excluding tert-OH is 1. The minimum Gasteiger partial charge on any atom is -0.442 e. The second kappa shape index (κ2) is 8.56. The van der Waals surface area contributed by atoms with Crippen LogP contribution in [0.3, 0.4) is 0 Å². The quantitative estimate of drug-likeness (QED) is 0.375. The van der Waals surface area contributed by atoms with Gasteiger partial charge in [-0.05, 0) is 51.0 Å². The van der Waals surface area contributed by atoms with E-state index in [1.165, 1.54) is 0 Å². The summed E-state index contributed by atoms with van der Waals surface area (Å²) in [4.78, 5) is 40.5. The van der Waals surface area contributed by atoms with Gasteiger partial charge in [-0.25, -0.2) is 4.79 Å². The largest absolute Gasteiger partial charge is 0.442 e. The Hall–Kier alpha value is -2.73. The topological polar surface area (TPSA) is 83.9 Å². The van der Waals surface area contributed by atoms with Gasteiger partial charge >= 0.3 is 5.97 Å². The summed E-state index contributed by atoms with van der Waals surface area (Å²) in [6.07, 6.45) is 11.3. The number of hydrogen-bond acceptors (Lipinski definition) is 6. The molecule has 3 rings (SSSR count). The number of ether oxygens (including phenoxy) is 1. The number of rotatable bonds is 8. The molecule has 0 spiro atoms. The lowest BCUT2D eigenvalue weighted by Crippen LogP contribution is -2.43. The molecule has 1 N–H and O–H groups in total. The van der Waals surface area contributed by atoms with E-state index in [-0.39, 0.29) is 23.6 Å². The number of aliphatic hydroxyl groups is 1. The molecule has 2 aliphatic heterocycles. The van der Waals surface area contributed by atoms with Gasteiger partial charge in [-0.3, -0.25) is 9.59 Å². The molecule has 0 aromatic heterocycles. The van der Waals surface area contributed by atoms with Crippen molar-refractivity contribution in [2.24, 2.45) is 0 Å². The van der Waals surface area contributed by atoms with Crippen molar-refractivity contribution < 1.29 is 24.2 Å². The van der Waals surface area contributed by atoms with Crippen LogP contribution in [0.4, 0.5) is 0 Å². The number of unbranched alkanes of at least 4 members (excludes halogenated alkanes) is 2. The maximum Gasteiger partial charge on any atom is 0.343 e. The van der Waals surface area contributed by atoms with E-state index in [1.807, 2.05) is 32.1 Å². The van der Waals surface area contributed by atoms with E-state index >= 15 is 0 Å². The van der Waals surface area contributed by atoms with E-state index in [1.54, 1.807) is 31.0 Å². The van der Waals surface area contributed by atoms with E-state index in [4.69, 9.17) is 4.74 Å². The molecular weight excluding hydrogens is 382 g/mol. The number of allylic oxidation sites excluding steroid dienone is 4. The summed E-state index contributed by atoms with van der Waals surface area (Å²) in [5, 5.41) is 9.84. The van der Waals surface area contributed by atoms with Gasteiger partial charge in [0.15, 0.2) is 11.4 Å². The predicted octanol–water partition coefficient (Wildman–Crippen LogP) is 3.30. The van der Waals surface area contributed by atoms with Gasteiger partial charge in [0.2, 0.25) is 5.78 Å². The molecular formula is C24H29NO5. The molecule has 30 heavy (non-hydrogen) atoms. The zero-order valence-corrected chi connectivity index (χ0v) is 18.0. The van der Waals surface area contributed by atoms with Crippen molar-refractivity contribution in [1.82, 2.24) is 4.90 Å².